The summed E-state index contributed by atoms with van der Waals surface area (Å²) >= 11 is 0. The first-order valence-corrected chi connectivity index (χ1v) is 6.75. The zero-order valence-electron chi connectivity index (χ0n) is 7.56. The summed E-state index contributed by atoms with van der Waals surface area (Å²) in [6.07, 6.45) is 0. The monoisotopic (exact) mass is 245 g/mol. The topological polar surface area (TPSA) is 42.8 Å². The van der Waals surface area contributed by atoms with E-state index >= 15 is 0 Å². The molecule has 0 amide bonds. The van der Waals surface area contributed by atoms with E-state index < -0.39 is 0 Å². The molecule has 14 heavy (non-hydrogen) atoms. The number of rotatable bonds is 2. The Balaban J connectivity index is 2.19. The highest BCUT2D eigenvalue weighted by atomic mass is 31.1. The Kier molecular flexibility index (Phi) is 3.31. The second-order valence-electron chi connectivity index (χ2n) is 2.72. The van der Waals surface area contributed by atoms with Crippen molar-refractivity contribution in [3.05, 3.63) is 29.8 Å². The van der Waals surface area contributed by atoms with Crippen LogP contribution in [0.15, 0.2) is 24.3 Å². The average molecular weight is 245 g/mol. The number of aryl methyl sites for hydroxylation is 1. The van der Waals surface area contributed by atoms with Gasteiger partial charge in [-0.2, -0.15) is 4.51 Å². The van der Waals surface area contributed by atoms with Gasteiger partial charge < -0.3 is 9.35 Å². The van der Waals surface area contributed by atoms with Crippen LogP contribution in [0.2, 0.25) is 0 Å². The van der Waals surface area contributed by atoms with Gasteiger partial charge >= 0.3 is 0 Å². The van der Waals surface area contributed by atoms with Gasteiger partial charge in [0.2, 0.25) is 0 Å². The van der Waals surface area contributed by atoms with Gasteiger partial charge in [-0.1, -0.05) is 12.1 Å². The predicted molar refractivity (Wildman–Crippen MR) is 62.9 cm³/mol. The Hall–Kier alpha value is -0.680. The molecule has 0 fully saturated rings. The number of hydrogen-bond acceptors (Lipinski definition) is 2. The van der Waals surface area contributed by atoms with E-state index in [2.05, 4.69) is 9.02 Å². The Labute approximate surface area is 86.6 Å². The van der Waals surface area contributed by atoms with Crippen molar-refractivity contribution in [1.82, 2.24) is 13.3 Å². The maximum atomic E-state index is 5.62. The van der Waals surface area contributed by atoms with Crippen molar-refractivity contribution >= 4 is 25.5 Å². The predicted octanol–water partition coefficient (Wildman–Crippen LogP) is 3.13. The summed E-state index contributed by atoms with van der Waals surface area (Å²) in [6.45, 7) is 2.05. The first kappa shape index (κ1) is 9.86. The number of aromatic nitrogens is 3. The molecule has 0 saturated heterocycles. The highest BCUT2D eigenvalue weighted by Gasteiger charge is 1.94. The van der Waals surface area contributed by atoms with Crippen molar-refractivity contribution in [2.45, 2.75) is 6.92 Å². The fraction of sp³-hybridized carbons (Fsp3) is 0.143. The van der Waals surface area contributed by atoms with Gasteiger partial charge in [-0.3, -0.25) is 0 Å². The number of aromatic amines is 1. The molecule has 1 N–H and O–H groups in total. The van der Waals surface area contributed by atoms with Crippen LogP contribution in [0.5, 0.6) is 5.75 Å². The fourth-order valence-corrected chi connectivity index (χ4v) is 4.05. The molecule has 0 aliphatic heterocycles. The highest BCUT2D eigenvalue weighted by molar-refractivity contribution is 7.44. The zero-order chi connectivity index (χ0) is 9.80. The number of nitrogens with one attached hydrogen (secondary N) is 1. The van der Waals surface area contributed by atoms with Gasteiger partial charge in [-0.25, -0.2) is 0 Å². The third kappa shape index (κ3) is 2.65. The van der Waals surface area contributed by atoms with E-state index in [1.54, 1.807) is 4.26 Å². The van der Waals surface area contributed by atoms with E-state index in [-0.39, 0.29) is 0 Å². The minimum Gasteiger partial charge on any atom is -0.366 e. The van der Waals surface area contributed by atoms with Crippen molar-refractivity contribution in [3.63, 3.8) is 0 Å². The SMILES string of the molecule is Cc1cccc(On2pn[pH][nH][pH]2)c1. The van der Waals surface area contributed by atoms with Crippen LogP contribution in [0, 0.1) is 6.92 Å². The summed E-state index contributed by atoms with van der Waals surface area (Å²) in [4.78, 5) is 5.62. The number of benzene rings is 1. The van der Waals surface area contributed by atoms with Crippen LogP contribution >= 0.6 is 25.5 Å². The molecule has 0 radical (unpaired) electrons. The van der Waals surface area contributed by atoms with E-state index in [0.717, 1.165) is 14.3 Å². The summed E-state index contributed by atoms with van der Waals surface area (Å²) in [7, 11) is 1.87. The summed E-state index contributed by atoms with van der Waals surface area (Å²) in [5, 5.41) is 0. The molecule has 4 nitrogen and oxygen atoms in total. The van der Waals surface area contributed by atoms with Crippen molar-refractivity contribution in [2.75, 3.05) is 0 Å². The second kappa shape index (κ2) is 4.70. The minimum absolute atomic E-state index is 0.482. The first-order chi connectivity index (χ1) is 6.84. The zero-order valence-corrected chi connectivity index (χ0v) is 10.5. The van der Waals surface area contributed by atoms with Gasteiger partial charge in [0.1, 0.15) is 0 Å². The lowest BCUT2D eigenvalue weighted by Gasteiger charge is -2.06. The van der Waals surface area contributed by atoms with Crippen molar-refractivity contribution in [1.29, 1.82) is 0 Å². The van der Waals surface area contributed by atoms with Crippen molar-refractivity contribution in [3.8, 4) is 5.75 Å². The van der Waals surface area contributed by atoms with Gasteiger partial charge in [0.05, 0.1) is 8.51 Å². The van der Waals surface area contributed by atoms with Crippen LogP contribution in [0.1, 0.15) is 5.56 Å². The molecule has 2 rings (SSSR count). The molecule has 1 aromatic carbocycles. The molecular formula is C7H10N3OP3. The molecular weight excluding hydrogens is 235 g/mol. The maximum absolute atomic E-state index is 5.62. The molecule has 2 unspecified atom stereocenters. The largest absolute Gasteiger partial charge is 0.366 e. The van der Waals surface area contributed by atoms with Gasteiger partial charge in [-0.15, -0.1) is 4.26 Å². The summed E-state index contributed by atoms with van der Waals surface area (Å²) in [5.41, 5.74) is 1.20. The first-order valence-electron chi connectivity index (χ1n) is 4.06. The molecule has 2 atom stereocenters. The Bertz CT molecular complexity index is 426. The lowest BCUT2D eigenvalue weighted by atomic mass is 10.2. The number of nitrogens with zero attached hydrogens (tertiary/aromatic N) is 2. The minimum atomic E-state index is 0.482. The molecule has 0 aliphatic rings. The number of hydrogen-bond donors (Lipinski definition) is 1. The average Bonchev–Trinajstić information content (AvgIpc) is 2.19. The summed E-state index contributed by atoms with van der Waals surface area (Å²) in [5.74, 6) is 0.868. The van der Waals surface area contributed by atoms with Crippen LogP contribution in [0.3, 0.4) is 0 Å². The maximum Gasteiger partial charge on any atom is 0.182 e. The molecule has 0 saturated carbocycles. The smallest absolute Gasteiger partial charge is 0.182 e. The molecule has 0 aliphatic carbocycles. The van der Waals surface area contributed by atoms with Crippen LogP contribution in [-0.4, -0.2) is 13.3 Å². The fourth-order valence-electron chi connectivity index (χ4n) is 0.996. The molecule has 1 heterocycles. The van der Waals surface area contributed by atoms with E-state index in [4.69, 9.17) is 4.84 Å². The van der Waals surface area contributed by atoms with Crippen LogP contribution in [0.25, 0.3) is 0 Å². The quantitative estimate of drug-likeness (QED) is 0.883. The van der Waals surface area contributed by atoms with E-state index in [0.29, 0.717) is 17.0 Å². The number of H-pyrrole nitrogens is 1. The van der Waals surface area contributed by atoms with Crippen LogP contribution < -0.4 is 4.84 Å². The second-order valence-corrected chi connectivity index (χ2v) is 6.29. The normalized spacial score (nSPS) is 11.5. The summed E-state index contributed by atoms with van der Waals surface area (Å²) < 4.78 is 9.12. The van der Waals surface area contributed by atoms with Gasteiger partial charge in [0.25, 0.3) is 0 Å². The third-order valence-electron chi connectivity index (χ3n) is 1.56. The Morgan fingerprint density at radius 1 is 1.57 bits per heavy atom. The van der Waals surface area contributed by atoms with E-state index in [1.807, 2.05) is 31.2 Å². The van der Waals surface area contributed by atoms with Gasteiger partial charge in [0.15, 0.2) is 14.3 Å². The highest BCUT2D eigenvalue weighted by Crippen LogP contribution is 2.18. The molecule has 1 aromatic heterocycles. The summed E-state index contributed by atoms with van der Waals surface area (Å²) in [6, 6.07) is 7.99. The van der Waals surface area contributed by atoms with Gasteiger partial charge in [0, 0.05) is 8.51 Å². The van der Waals surface area contributed by atoms with Crippen molar-refractivity contribution < 1.29 is 4.84 Å². The molecule has 74 valence electrons. The van der Waals surface area contributed by atoms with E-state index in [9.17, 15) is 0 Å². The van der Waals surface area contributed by atoms with Crippen LogP contribution in [0.4, 0.5) is 0 Å². The molecule has 0 spiro atoms. The van der Waals surface area contributed by atoms with E-state index in [1.165, 1.54) is 5.56 Å². The third-order valence-corrected chi connectivity index (χ3v) is 4.31. The van der Waals surface area contributed by atoms with Gasteiger partial charge in [-0.05, 0) is 24.6 Å². The lowest BCUT2D eigenvalue weighted by Crippen LogP contribution is -1.97. The standard InChI is InChI=1S/C7H10N3OP3/c1-6-3-2-4-7(5-6)11-10-13-8-12-9-14-10/h2-5,8,12-13H,1H3. The Morgan fingerprint density at radius 2 is 2.50 bits per heavy atom. The molecule has 7 heteroatoms. The Morgan fingerprint density at radius 3 is 3.21 bits per heavy atom. The molecule has 0 bridgehead atoms. The van der Waals surface area contributed by atoms with Crippen LogP contribution in [-0.2, 0) is 0 Å². The molecule has 2 aromatic rings. The van der Waals surface area contributed by atoms with Crippen molar-refractivity contribution in [2.24, 2.45) is 0 Å². The lowest BCUT2D eigenvalue weighted by molar-refractivity contribution is 0.276.